The molecular weight excluding hydrogens is 380 g/mol. The van der Waals surface area contributed by atoms with Gasteiger partial charge in [-0.15, -0.1) is 6.58 Å². The number of allylic oxidation sites excluding steroid dienone is 1. The maximum atomic E-state index is 13.2. The molecule has 0 aromatic heterocycles. The minimum Gasteiger partial charge on any atom is -0.493 e. The third-order valence-electron chi connectivity index (χ3n) is 4.63. The Morgan fingerprint density at radius 2 is 1.86 bits per heavy atom. The molecule has 0 saturated carbocycles. The zero-order valence-electron chi connectivity index (χ0n) is 16.9. The SMILES string of the molecule is C=CCN1c2cc(OC)c(OC)cc2C(C)=C(C(=O)NCCCCC)S1(=O)=O. The molecule has 0 unspecified atom stereocenters. The van der Waals surface area contributed by atoms with Crippen molar-refractivity contribution >= 4 is 27.2 Å². The first-order valence-corrected chi connectivity index (χ1v) is 10.7. The van der Waals surface area contributed by atoms with Crippen LogP contribution >= 0.6 is 0 Å². The van der Waals surface area contributed by atoms with Crippen LogP contribution in [0.25, 0.3) is 5.57 Å². The van der Waals surface area contributed by atoms with Crippen LogP contribution in [0.1, 0.15) is 38.7 Å². The van der Waals surface area contributed by atoms with Gasteiger partial charge in [0.25, 0.3) is 15.9 Å². The summed E-state index contributed by atoms with van der Waals surface area (Å²) in [5.74, 6) is 0.273. The number of methoxy groups -OCH3 is 2. The third kappa shape index (κ3) is 4.01. The summed E-state index contributed by atoms with van der Waals surface area (Å²) in [5.41, 5.74) is 1.41. The van der Waals surface area contributed by atoms with Crippen molar-refractivity contribution < 1.29 is 22.7 Å². The molecule has 0 aliphatic carbocycles. The molecule has 1 aliphatic heterocycles. The number of ether oxygens (including phenoxy) is 2. The van der Waals surface area contributed by atoms with E-state index < -0.39 is 15.9 Å². The van der Waals surface area contributed by atoms with E-state index in [1.54, 1.807) is 19.1 Å². The highest BCUT2D eigenvalue weighted by molar-refractivity contribution is 7.97. The maximum Gasteiger partial charge on any atom is 0.270 e. The smallest absolute Gasteiger partial charge is 0.270 e. The van der Waals surface area contributed by atoms with Crippen LogP contribution < -0.4 is 19.1 Å². The number of anilines is 1. The number of rotatable bonds is 9. The van der Waals surface area contributed by atoms with Crippen molar-refractivity contribution in [3.63, 3.8) is 0 Å². The van der Waals surface area contributed by atoms with Crippen molar-refractivity contribution in [1.82, 2.24) is 5.32 Å². The molecule has 1 amide bonds. The van der Waals surface area contributed by atoms with E-state index in [9.17, 15) is 13.2 Å². The highest BCUT2D eigenvalue weighted by atomic mass is 32.2. The van der Waals surface area contributed by atoms with Gasteiger partial charge in [-0.2, -0.15) is 0 Å². The molecule has 0 fully saturated rings. The Kier molecular flexibility index (Phi) is 7.12. The third-order valence-corrected chi connectivity index (χ3v) is 6.56. The maximum absolute atomic E-state index is 13.2. The summed E-state index contributed by atoms with van der Waals surface area (Å²) in [6, 6.07) is 3.30. The van der Waals surface area contributed by atoms with E-state index in [0.29, 0.717) is 34.9 Å². The molecule has 8 heteroatoms. The minimum atomic E-state index is -4.04. The molecular formula is C20H28N2O5S. The first kappa shape index (κ1) is 21.8. The van der Waals surface area contributed by atoms with Crippen LogP contribution in [-0.4, -0.2) is 41.6 Å². The average Bonchev–Trinajstić information content (AvgIpc) is 2.67. The number of amides is 1. The molecule has 0 radical (unpaired) electrons. The Labute approximate surface area is 167 Å². The molecule has 28 heavy (non-hydrogen) atoms. The Morgan fingerprint density at radius 1 is 1.21 bits per heavy atom. The van der Waals surface area contributed by atoms with Crippen LogP contribution in [-0.2, 0) is 14.8 Å². The second-order valence-corrected chi connectivity index (χ2v) is 8.27. The zero-order chi connectivity index (χ0) is 20.9. The van der Waals surface area contributed by atoms with E-state index in [2.05, 4.69) is 18.8 Å². The van der Waals surface area contributed by atoms with E-state index in [1.807, 2.05) is 0 Å². The Bertz CT molecular complexity index is 890. The molecule has 154 valence electrons. The van der Waals surface area contributed by atoms with Gasteiger partial charge in [0.1, 0.15) is 0 Å². The molecule has 1 aliphatic rings. The number of hydrogen-bond acceptors (Lipinski definition) is 5. The molecule has 0 spiro atoms. The van der Waals surface area contributed by atoms with Gasteiger partial charge in [-0.25, -0.2) is 8.42 Å². The van der Waals surface area contributed by atoms with Gasteiger partial charge in [-0.05, 0) is 25.0 Å². The number of nitrogens with zero attached hydrogens (tertiary/aromatic N) is 1. The number of nitrogens with one attached hydrogen (secondary N) is 1. The van der Waals surface area contributed by atoms with Crippen molar-refractivity contribution in [2.24, 2.45) is 0 Å². The summed E-state index contributed by atoms with van der Waals surface area (Å²) in [4.78, 5) is 12.5. The number of carbonyl (C=O) groups is 1. The minimum absolute atomic E-state index is 0.0325. The van der Waals surface area contributed by atoms with Crippen molar-refractivity contribution in [1.29, 1.82) is 0 Å². The molecule has 0 bridgehead atoms. The lowest BCUT2D eigenvalue weighted by Gasteiger charge is -2.32. The highest BCUT2D eigenvalue weighted by Crippen LogP contribution is 2.44. The monoisotopic (exact) mass is 408 g/mol. The van der Waals surface area contributed by atoms with Crippen LogP contribution in [0.4, 0.5) is 5.69 Å². The van der Waals surface area contributed by atoms with Gasteiger partial charge in [-0.1, -0.05) is 25.8 Å². The van der Waals surface area contributed by atoms with Crippen molar-refractivity contribution in [3.8, 4) is 11.5 Å². The van der Waals surface area contributed by atoms with Gasteiger partial charge in [0.05, 0.1) is 26.5 Å². The molecule has 7 nitrogen and oxygen atoms in total. The van der Waals surface area contributed by atoms with Crippen LogP contribution in [0, 0.1) is 0 Å². The fraction of sp³-hybridized carbons (Fsp3) is 0.450. The molecule has 0 saturated heterocycles. The molecule has 1 aromatic rings. The van der Waals surface area contributed by atoms with E-state index in [0.717, 1.165) is 19.3 Å². The van der Waals surface area contributed by atoms with Crippen LogP contribution in [0.5, 0.6) is 11.5 Å². The summed E-state index contributed by atoms with van der Waals surface area (Å²) in [7, 11) is -1.05. The van der Waals surface area contributed by atoms with Gasteiger partial charge in [-0.3, -0.25) is 9.10 Å². The summed E-state index contributed by atoms with van der Waals surface area (Å²) >= 11 is 0. The lowest BCUT2D eigenvalue weighted by molar-refractivity contribution is -0.116. The summed E-state index contributed by atoms with van der Waals surface area (Å²) in [6.45, 7) is 7.81. The second kappa shape index (κ2) is 9.14. The van der Waals surface area contributed by atoms with Gasteiger partial charge in [0.15, 0.2) is 16.4 Å². The summed E-state index contributed by atoms with van der Waals surface area (Å²) < 4.78 is 38.3. The van der Waals surface area contributed by atoms with Gasteiger partial charge < -0.3 is 14.8 Å². The Hall–Kier alpha value is -2.48. The van der Waals surface area contributed by atoms with Gasteiger partial charge in [0.2, 0.25) is 0 Å². The van der Waals surface area contributed by atoms with Gasteiger partial charge in [0, 0.05) is 18.2 Å². The second-order valence-electron chi connectivity index (χ2n) is 6.47. The molecule has 0 atom stereocenters. The zero-order valence-corrected chi connectivity index (χ0v) is 17.7. The molecule has 1 aromatic carbocycles. The summed E-state index contributed by atoms with van der Waals surface area (Å²) in [6.07, 6.45) is 4.26. The first-order valence-electron chi connectivity index (χ1n) is 9.22. The lowest BCUT2D eigenvalue weighted by Crippen LogP contribution is -2.41. The fourth-order valence-corrected chi connectivity index (χ4v) is 4.92. The number of sulfonamides is 1. The number of fused-ring (bicyclic) bond motifs is 1. The van der Waals surface area contributed by atoms with Crippen LogP contribution in [0.3, 0.4) is 0 Å². The number of benzene rings is 1. The van der Waals surface area contributed by atoms with E-state index >= 15 is 0 Å². The topological polar surface area (TPSA) is 84.9 Å². The average molecular weight is 409 g/mol. The van der Waals surface area contributed by atoms with Crippen molar-refractivity contribution in [3.05, 3.63) is 35.3 Å². The van der Waals surface area contributed by atoms with E-state index in [4.69, 9.17) is 9.47 Å². The predicted molar refractivity (Wildman–Crippen MR) is 111 cm³/mol. The number of unbranched alkanes of at least 4 members (excludes halogenated alkanes) is 2. The Balaban J connectivity index is 2.61. The van der Waals surface area contributed by atoms with Crippen molar-refractivity contribution in [2.75, 3.05) is 31.6 Å². The highest BCUT2D eigenvalue weighted by Gasteiger charge is 2.39. The van der Waals surface area contributed by atoms with Crippen molar-refractivity contribution in [2.45, 2.75) is 33.1 Å². The molecule has 1 heterocycles. The fourth-order valence-electron chi connectivity index (χ4n) is 3.19. The largest absolute Gasteiger partial charge is 0.493 e. The van der Waals surface area contributed by atoms with E-state index in [-0.39, 0.29) is 11.4 Å². The molecule has 2 rings (SSSR count). The van der Waals surface area contributed by atoms with Gasteiger partial charge >= 0.3 is 0 Å². The number of carbonyl (C=O) groups excluding carboxylic acids is 1. The standard InChI is InChI=1S/C20H28N2O5S/c1-6-8-9-10-21-20(23)19-14(3)15-12-17(26-4)18(27-5)13-16(15)22(11-7-2)28(19,24)25/h7,12-13H,2,6,8-11H2,1,3-5H3,(H,21,23). The van der Waals surface area contributed by atoms with Crippen LogP contribution in [0.15, 0.2) is 29.7 Å². The first-order chi connectivity index (χ1) is 13.3. The lowest BCUT2D eigenvalue weighted by atomic mass is 10.0. The molecule has 1 N–H and O–H groups in total. The predicted octanol–water partition coefficient (Wildman–Crippen LogP) is 3.08. The number of hydrogen-bond donors (Lipinski definition) is 1. The normalized spacial score (nSPS) is 15.1. The summed E-state index contributed by atoms with van der Waals surface area (Å²) in [5, 5.41) is 2.73. The van der Waals surface area contributed by atoms with Crippen LogP contribution in [0.2, 0.25) is 0 Å². The Morgan fingerprint density at radius 3 is 2.43 bits per heavy atom. The van der Waals surface area contributed by atoms with E-state index in [1.165, 1.54) is 24.6 Å². The quantitative estimate of drug-likeness (QED) is 0.501.